The maximum Gasteiger partial charge on any atom is 0.253 e. The summed E-state index contributed by atoms with van der Waals surface area (Å²) in [6.07, 6.45) is 1.63. The van der Waals surface area contributed by atoms with Crippen molar-refractivity contribution in [3.63, 3.8) is 0 Å². The summed E-state index contributed by atoms with van der Waals surface area (Å²) in [7, 11) is 0. The fourth-order valence-corrected chi connectivity index (χ4v) is 4.10. The van der Waals surface area contributed by atoms with Gasteiger partial charge in [0.1, 0.15) is 11.5 Å². The van der Waals surface area contributed by atoms with Crippen molar-refractivity contribution in [3.05, 3.63) is 93.7 Å². The van der Waals surface area contributed by atoms with E-state index in [9.17, 15) is 4.79 Å². The van der Waals surface area contributed by atoms with Crippen molar-refractivity contribution < 1.29 is 9.15 Å². The molecule has 0 aliphatic rings. The van der Waals surface area contributed by atoms with E-state index in [1.54, 1.807) is 6.26 Å². The minimum atomic E-state index is -0.122. The van der Waals surface area contributed by atoms with Crippen molar-refractivity contribution >= 4 is 33.9 Å². The zero-order chi connectivity index (χ0) is 23.4. The maximum absolute atomic E-state index is 12.9. The van der Waals surface area contributed by atoms with Gasteiger partial charge in [0.2, 0.25) is 0 Å². The minimum absolute atomic E-state index is 0.122. The number of hydrogen-bond donors (Lipinski definition) is 2. The lowest BCUT2D eigenvalue weighted by Crippen LogP contribution is -2.35. The Morgan fingerprint density at radius 1 is 1.12 bits per heavy atom. The number of H-pyrrole nitrogens is 1. The van der Waals surface area contributed by atoms with Crippen molar-refractivity contribution in [3.8, 4) is 5.75 Å². The number of aromatic nitrogens is 1. The molecule has 4 aromatic rings. The van der Waals surface area contributed by atoms with Crippen LogP contribution >= 0.6 is 12.2 Å². The number of furan rings is 1. The van der Waals surface area contributed by atoms with Gasteiger partial charge in [-0.3, -0.25) is 4.79 Å². The van der Waals surface area contributed by atoms with Crippen LogP contribution in [0.25, 0.3) is 10.9 Å². The van der Waals surface area contributed by atoms with E-state index in [0.717, 1.165) is 39.2 Å². The van der Waals surface area contributed by atoms with Gasteiger partial charge < -0.3 is 24.4 Å². The average molecular weight is 462 g/mol. The number of thiocarbonyl (C=S) groups is 1. The van der Waals surface area contributed by atoms with Crippen LogP contribution in [0, 0.1) is 13.8 Å². The predicted molar refractivity (Wildman–Crippen MR) is 136 cm³/mol. The monoisotopic (exact) mass is 461 g/mol. The first-order valence-electron chi connectivity index (χ1n) is 10.9. The van der Waals surface area contributed by atoms with E-state index in [1.165, 1.54) is 0 Å². The Kier molecular flexibility index (Phi) is 6.79. The summed E-state index contributed by atoms with van der Waals surface area (Å²) in [5.74, 6) is 1.56. The molecule has 2 N–H and O–H groups in total. The van der Waals surface area contributed by atoms with Gasteiger partial charge in [-0.2, -0.15) is 0 Å². The molecule has 2 aromatic carbocycles. The summed E-state index contributed by atoms with van der Waals surface area (Å²) in [5, 5.41) is 4.77. The molecule has 0 saturated carbocycles. The Labute approximate surface area is 198 Å². The predicted octanol–water partition coefficient (Wildman–Crippen LogP) is 5.54. The van der Waals surface area contributed by atoms with Crippen LogP contribution in [0.5, 0.6) is 5.75 Å². The van der Waals surface area contributed by atoms with Crippen molar-refractivity contribution in [2.75, 3.05) is 11.9 Å². The van der Waals surface area contributed by atoms with Crippen molar-refractivity contribution in [2.45, 2.75) is 33.9 Å². The number of nitrogens with one attached hydrogen (secondary N) is 2. The van der Waals surface area contributed by atoms with E-state index >= 15 is 0 Å². The standard InChI is InChI=1S/C26H27N3O3S/c1-4-31-22-9-7-21(8-10-22)27-26(33)29(16-23-6-5-11-32-23)15-20-14-19-13-17(2)12-18(3)24(19)28-25(20)30/h5-14H,4,15-16H2,1-3H3,(H,27,33)(H,28,30). The normalized spacial score (nSPS) is 10.9. The smallest absolute Gasteiger partial charge is 0.253 e. The number of aryl methyl sites for hydroxylation is 2. The zero-order valence-electron chi connectivity index (χ0n) is 19.0. The Hall–Kier alpha value is -3.58. The van der Waals surface area contributed by atoms with Crippen molar-refractivity contribution in [1.82, 2.24) is 9.88 Å². The highest BCUT2D eigenvalue weighted by molar-refractivity contribution is 7.80. The van der Waals surface area contributed by atoms with Crippen LogP contribution in [-0.4, -0.2) is 21.6 Å². The molecule has 6 nitrogen and oxygen atoms in total. The summed E-state index contributed by atoms with van der Waals surface area (Å²) in [6, 6.07) is 17.4. The molecule has 2 aromatic heterocycles. The fraction of sp³-hybridized carbons (Fsp3) is 0.231. The van der Waals surface area contributed by atoms with Gasteiger partial charge in [0, 0.05) is 11.3 Å². The topological polar surface area (TPSA) is 70.5 Å². The third kappa shape index (κ3) is 5.43. The number of ether oxygens (including phenoxy) is 1. The van der Waals surface area contributed by atoms with Gasteiger partial charge in [-0.15, -0.1) is 0 Å². The molecule has 4 rings (SSSR count). The molecule has 0 spiro atoms. The molecule has 33 heavy (non-hydrogen) atoms. The van der Waals surface area contributed by atoms with E-state index in [4.69, 9.17) is 21.4 Å². The van der Waals surface area contributed by atoms with Gasteiger partial charge in [-0.1, -0.05) is 11.6 Å². The number of fused-ring (bicyclic) bond motifs is 1. The molecule has 7 heteroatoms. The molecule has 170 valence electrons. The molecule has 0 saturated heterocycles. The largest absolute Gasteiger partial charge is 0.494 e. The summed E-state index contributed by atoms with van der Waals surface area (Å²) >= 11 is 5.72. The first kappa shape index (κ1) is 22.6. The number of rotatable bonds is 7. The van der Waals surface area contributed by atoms with Gasteiger partial charge in [-0.25, -0.2) is 0 Å². The quantitative estimate of drug-likeness (QED) is 0.352. The molecule has 0 aliphatic carbocycles. The highest BCUT2D eigenvalue weighted by Crippen LogP contribution is 2.20. The number of hydrogen-bond acceptors (Lipinski definition) is 4. The van der Waals surface area contributed by atoms with Crippen molar-refractivity contribution in [2.24, 2.45) is 0 Å². The van der Waals surface area contributed by atoms with Crippen LogP contribution in [0.4, 0.5) is 5.69 Å². The summed E-state index contributed by atoms with van der Waals surface area (Å²) in [5.41, 5.74) is 4.41. The van der Waals surface area contributed by atoms with Gasteiger partial charge in [0.25, 0.3) is 5.56 Å². The van der Waals surface area contributed by atoms with Crippen LogP contribution in [0.15, 0.2) is 70.1 Å². The van der Waals surface area contributed by atoms with Crippen LogP contribution in [0.2, 0.25) is 0 Å². The number of nitrogens with zero attached hydrogens (tertiary/aromatic N) is 1. The zero-order valence-corrected chi connectivity index (χ0v) is 19.8. The number of aromatic amines is 1. The number of benzene rings is 2. The molecule has 0 bridgehead atoms. The molecule has 2 heterocycles. The third-order valence-corrected chi connectivity index (χ3v) is 5.72. The van der Waals surface area contributed by atoms with Crippen molar-refractivity contribution in [1.29, 1.82) is 0 Å². The molecular weight excluding hydrogens is 434 g/mol. The van der Waals surface area contributed by atoms with E-state index < -0.39 is 0 Å². The highest BCUT2D eigenvalue weighted by atomic mass is 32.1. The van der Waals surface area contributed by atoms with E-state index in [0.29, 0.717) is 30.4 Å². The van der Waals surface area contributed by atoms with Crippen LogP contribution in [-0.2, 0) is 13.1 Å². The van der Waals surface area contributed by atoms with E-state index in [-0.39, 0.29) is 5.56 Å². The minimum Gasteiger partial charge on any atom is -0.494 e. The lowest BCUT2D eigenvalue weighted by molar-refractivity contribution is 0.340. The molecule has 0 fully saturated rings. The Morgan fingerprint density at radius 3 is 2.61 bits per heavy atom. The van der Waals surface area contributed by atoms with E-state index in [1.807, 2.05) is 61.2 Å². The Bertz CT molecular complexity index is 1310. The average Bonchev–Trinajstić information content (AvgIpc) is 3.29. The Balaban J connectivity index is 1.61. The lowest BCUT2D eigenvalue weighted by atomic mass is 10.1. The number of pyridine rings is 1. The first-order chi connectivity index (χ1) is 15.9. The number of anilines is 1. The molecule has 0 amide bonds. The summed E-state index contributed by atoms with van der Waals surface area (Å²) in [4.78, 5) is 17.9. The van der Waals surface area contributed by atoms with Crippen LogP contribution in [0.1, 0.15) is 29.4 Å². The summed E-state index contributed by atoms with van der Waals surface area (Å²) in [6.45, 7) is 7.38. The van der Waals surface area contributed by atoms with Crippen LogP contribution < -0.4 is 15.6 Å². The van der Waals surface area contributed by atoms with Crippen LogP contribution in [0.3, 0.4) is 0 Å². The lowest BCUT2D eigenvalue weighted by Gasteiger charge is -2.25. The van der Waals surface area contributed by atoms with Gasteiger partial charge in [0.05, 0.1) is 31.5 Å². The third-order valence-electron chi connectivity index (χ3n) is 5.36. The highest BCUT2D eigenvalue weighted by Gasteiger charge is 2.16. The van der Waals surface area contributed by atoms with Gasteiger partial charge in [0.15, 0.2) is 5.11 Å². The molecule has 0 unspecified atom stereocenters. The molecule has 0 aliphatic heterocycles. The molecule has 0 atom stereocenters. The molecule has 0 radical (unpaired) electrons. The second kappa shape index (κ2) is 9.92. The molecular formula is C26H27N3O3S. The van der Waals surface area contributed by atoms with Gasteiger partial charge in [-0.05, 0) is 92.5 Å². The maximum atomic E-state index is 12.9. The SMILES string of the molecule is CCOc1ccc(NC(=S)N(Cc2ccco2)Cc2cc3cc(C)cc(C)c3[nH]c2=O)cc1. The Morgan fingerprint density at radius 2 is 1.91 bits per heavy atom. The van der Waals surface area contributed by atoms with E-state index in [2.05, 4.69) is 29.4 Å². The van der Waals surface area contributed by atoms with Gasteiger partial charge >= 0.3 is 0 Å². The second-order valence-corrected chi connectivity index (χ2v) is 8.38. The first-order valence-corrected chi connectivity index (χ1v) is 11.3. The second-order valence-electron chi connectivity index (χ2n) is 7.99. The summed E-state index contributed by atoms with van der Waals surface area (Å²) < 4.78 is 11.1. The fourth-order valence-electron chi connectivity index (χ4n) is 3.85.